The Balaban J connectivity index is 1.67. The van der Waals surface area contributed by atoms with Gasteiger partial charge in [-0.25, -0.2) is 0 Å². The summed E-state index contributed by atoms with van der Waals surface area (Å²) in [6.45, 7) is 3.62. The van der Waals surface area contributed by atoms with Gasteiger partial charge in [-0.2, -0.15) is 0 Å². The minimum atomic E-state index is -0.0294. The summed E-state index contributed by atoms with van der Waals surface area (Å²) in [7, 11) is 13.4. The predicted octanol–water partition coefficient (Wildman–Crippen LogP) is 4.83. The molecule has 0 amide bonds. The van der Waals surface area contributed by atoms with Crippen molar-refractivity contribution >= 4 is 33.8 Å². The second-order valence-electron chi connectivity index (χ2n) is 9.41. The standard InChI is InChI=1S/C30H44N2O8S2/c1-31(11-9-15-41-29(33)21-17-23(35-3)27(39-7)24(18-21)36-4)13-14-32(2)12-10-16-42-30(34)22-19-25(37-5)28(40-8)26(20-22)38-6/h17-20H,9-16H2,1-8H3. The van der Waals surface area contributed by atoms with Crippen LogP contribution in [0.3, 0.4) is 0 Å². The summed E-state index contributed by atoms with van der Waals surface area (Å²) >= 11 is 2.58. The van der Waals surface area contributed by atoms with Crippen LogP contribution in [0.25, 0.3) is 0 Å². The number of hydrogen-bond acceptors (Lipinski definition) is 12. The number of nitrogens with zero attached hydrogens (tertiary/aromatic N) is 2. The van der Waals surface area contributed by atoms with Crippen LogP contribution in [0, 0.1) is 0 Å². The number of thioether (sulfide) groups is 2. The second-order valence-corrected chi connectivity index (χ2v) is 11.5. The lowest BCUT2D eigenvalue weighted by Crippen LogP contribution is -2.32. The molecule has 0 saturated heterocycles. The Hall–Kier alpha value is -2.80. The van der Waals surface area contributed by atoms with Crippen LogP contribution in [-0.4, -0.2) is 114 Å². The van der Waals surface area contributed by atoms with Crippen molar-refractivity contribution in [3.8, 4) is 34.5 Å². The predicted molar refractivity (Wildman–Crippen MR) is 170 cm³/mol. The van der Waals surface area contributed by atoms with Gasteiger partial charge in [-0.3, -0.25) is 9.59 Å². The third-order valence-electron chi connectivity index (χ3n) is 6.50. The molecule has 2 aromatic rings. The molecule has 0 aliphatic heterocycles. The molecule has 0 heterocycles. The Morgan fingerprint density at radius 3 is 1.12 bits per heavy atom. The van der Waals surface area contributed by atoms with Gasteiger partial charge in [0.05, 0.1) is 42.7 Å². The van der Waals surface area contributed by atoms with Crippen LogP contribution in [-0.2, 0) is 0 Å². The molecule has 0 unspecified atom stereocenters. The van der Waals surface area contributed by atoms with Crippen LogP contribution in [0.5, 0.6) is 34.5 Å². The van der Waals surface area contributed by atoms with Gasteiger partial charge >= 0.3 is 0 Å². The first-order valence-corrected chi connectivity index (χ1v) is 15.5. The first-order chi connectivity index (χ1) is 20.2. The molecule has 0 radical (unpaired) electrons. The van der Waals surface area contributed by atoms with Crippen molar-refractivity contribution in [2.24, 2.45) is 0 Å². The summed E-state index contributed by atoms with van der Waals surface area (Å²) in [5.74, 6) is 4.23. The minimum absolute atomic E-state index is 0.0294. The number of carbonyl (C=O) groups is 2. The normalized spacial score (nSPS) is 11.0. The summed E-state index contributed by atoms with van der Waals surface area (Å²) in [4.78, 5) is 30.0. The largest absolute Gasteiger partial charge is 0.493 e. The van der Waals surface area contributed by atoms with Crippen LogP contribution < -0.4 is 28.4 Å². The monoisotopic (exact) mass is 624 g/mol. The van der Waals surface area contributed by atoms with Crippen LogP contribution in [0.15, 0.2) is 24.3 Å². The molecule has 0 bridgehead atoms. The zero-order chi connectivity index (χ0) is 31.1. The van der Waals surface area contributed by atoms with E-state index >= 15 is 0 Å². The Labute approximate surface area is 258 Å². The average molecular weight is 625 g/mol. The fraction of sp³-hybridized carbons (Fsp3) is 0.533. The van der Waals surface area contributed by atoms with Crippen molar-refractivity contribution in [1.82, 2.24) is 9.80 Å². The molecule has 0 spiro atoms. The smallest absolute Gasteiger partial charge is 0.219 e. The molecule has 234 valence electrons. The highest BCUT2D eigenvalue weighted by Gasteiger charge is 2.18. The Morgan fingerprint density at radius 1 is 0.548 bits per heavy atom. The van der Waals surface area contributed by atoms with Crippen LogP contribution >= 0.6 is 23.5 Å². The molecule has 0 aliphatic rings. The van der Waals surface area contributed by atoms with Gasteiger partial charge in [0.15, 0.2) is 23.0 Å². The topological polar surface area (TPSA) is 96.0 Å². The molecule has 0 aliphatic carbocycles. The van der Waals surface area contributed by atoms with Gasteiger partial charge in [0.1, 0.15) is 0 Å². The lowest BCUT2D eigenvalue weighted by molar-refractivity contribution is 0.108. The van der Waals surface area contributed by atoms with Crippen LogP contribution in [0.2, 0.25) is 0 Å². The number of benzene rings is 2. The summed E-state index contributed by atoms with van der Waals surface area (Å²) < 4.78 is 32.1. The zero-order valence-corrected chi connectivity index (χ0v) is 27.6. The zero-order valence-electron chi connectivity index (χ0n) is 25.9. The number of carbonyl (C=O) groups excluding carboxylic acids is 2. The van der Waals surface area contributed by atoms with E-state index in [0.717, 1.165) is 39.0 Å². The second kappa shape index (κ2) is 18.7. The van der Waals surface area contributed by atoms with Crippen LogP contribution in [0.1, 0.15) is 33.6 Å². The maximum atomic E-state index is 12.7. The number of likely N-dealkylation sites (N-methyl/N-ethyl adjacent to an activating group) is 2. The van der Waals surface area contributed by atoms with E-state index in [1.807, 2.05) is 0 Å². The molecule has 2 aromatic carbocycles. The molecular formula is C30H44N2O8S2. The van der Waals surface area contributed by atoms with Gasteiger partial charge in [0, 0.05) is 35.7 Å². The minimum Gasteiger partial charge on any atom is -0.493 e. The molecular weight excluding hydrogens is 580 g/mol. The van der Waals surface area contributed by atoms with Crippen LogP contribution in [0.4, 0.5) is 0 Å². The molecule has 2 rings (SSSR count). The highest BCUT2D eigenvalue weighted by Crippen LogP contribution is 2.40. The van der Waals surface area contributed by atoms with Gasteiger partial charge in [-0.1, -0.05) is 23.5 Å². The van der Waals surface area contributed by atoms with Gasteiger partial charge in [-0.05, 0) is 64.3 Å². The summed E-state index contributed by atoms with van der Waals surface area (Å²) in [6.07, 6.45) is 1.78. The van der Waals surface area contributed by atoms with Gasteiger partial charge in [0.2, 0.25) is 21.7 Å². The molecule has 0 fully saturated rings. The molecule has 10 nitrogen and oxygen atoms in total. The first kappa shape index (κ1) is 35.4. The molecule has 42 heavy (non-hydrogen) atoms. The van der Waals surface area contributed by atoms with Crippen molar-refractivity contribution in [3.63, 3.8) is 0 Å². The first-order valence-electron chi connectivity index (χ1n) is 13.5. The number of hydrogen-bond donors (Lipinski definition) is 0. The maximum Gasteiger partial charge on any atom is 0.219 e. The van der Waals surface area contributed by atoms with Crippen molar-refractivity contribution in [3.05, 3.63) is 35.4 Å². The Bertz CT molecular complexity index is 1020. The SMILES string of the molecule is COc1cc(C(=O)SCCCN(C)CCN(C)CCCSC(=O)c2cc(OC)c(OC)c(OC)c2)cc(OC)c1OC. The Kier molecular flexibility index (Phi) is 15.7. The van der Waals surface area contributed by atoms with Gasteiger partial charge in [-0.15, -0.1) is 0 Å². The highest BCUT2D eigenvalue weighted by molar-refractivity contribution is 8.14. The third-order valence-corrected chi connectivity index (χ3v) is 8.48. The summed E-state index contributed by atoms with van der Waals surface area (Å²) in [5, 5.41) is -0.0588. The fourth-order valence-corrected chi connectivity index (χ4v) is 5.61. The Morgan fingerprint density at radius 2 is 0.857 bits per heavy atom. The van der Waals surface area contributed by atoms with Crippen molar-refractivity contribution < 1.29 is 38.0 Å². The summed E-state index contributed by atoms with van der Waals surface area (Å²) in [6, 6.07) is 6.72. The van der Waals surface area contributed by atoms with E-state index in [0.29, 0.717) is 57.1 Å². The number of ether oxygens (including phenoxy) is 6. The molecule has 12 heteroatoms. The van der Waals surface area contributed by atoms with Crippen molar-refractivity contribution in [2.45, 2.75) is 12.8 Å². The lowest BCUT2D eigenvalue weighted by atomic mass is 10.2. The molecule has 0 N–H and O–H groups in total. The van der Waals surface area contributed by atoms with E-state index in [1.54, 1.807) is 24.3 Å². The lowest BCUT2D eigenvalue weighted by Gasteiger charge is -2.21. The van der Waals surface area contributed by atoms with E-state index in [4.69, 9.17) is 28.4 Å². The molecule has 0 atom stereocenters. The number of methoxy groups -OCH3 is 6. The molecule has 0 saturated carbocycles. The van der Waals surface area contributed by atoms with E-state index in [9.17, 15) is 9.59 Å². The maximum absolute atomic E-state index is 12.7. The summed E-state index contributed by atoms with van der Waals surface area (Å²) in [5.41, 5.74) is 1.04. The fourth-order valence-electron chi connectivity index (χ4n) is 4.13. The van der Waals surface area contributed by atoms with E-state index < -0.39 is 0 Å². The highest BCUT2D eigenvalue weighted by atomic mass is 32.2. The van der Waals surface area contributed by atoms with E-state index in [-0.39, 0.29) is 10.2 Å². The van der Waals surface area contributed by atoms with Crippen molar-refractivity contribution in [2.75, 3.05) is 94.4 Å². The van der Waals surface area contributed by atoms with Gasteiger partial charge < -0.3 is 38.2 Å². The van der Waals surface area contributed by atoms with E-state index in [1.165, 1.54) is 66.2 Å². The third kappa shape index (κ3) is 10.5. The van der Waals surface area contributed by atoms with Crippen molar-refractivity contribution in [1.29, 1.82) is 0 Å². The quantitative estimate of drug-likeness (QED) is 0.200. The van der Waals surface area contributed by atoms with E-state index in [2.05, 4.69) is 23.9 Å². The van der Waals surface area contributed by atoms with Gasteiger partial charge in [0.25, 0.3) is 0 Å². The average Bonchev–Trinajstić information content (AvgIpc) is 3.01. The molecule has 0 aromatic heterocycles. The number of rotatable bonds is 19.